The van der Waals surface area contributed by atoms with Gasteiger partial charge in [0.25, 0.3) is 5.56 Å². The van der Waals surface area contributed by atoms with Crippen molar-refractivity contribution in [2.45, 2.75) is 38.0 Å². The number of nitrogens with zero attached hydrogens (tertiary/aromatic N) is 2. The molecule has 2 aliphatic rings. The highest BCUT2D eigenvalue weighted by Gasteiger charge is 2.46. The Hall–Kier alpha value is -3.56. The smallest absolute Gasteiger partial charge is 0.343 e. The molecule has 9 nitrogen and oxygen atoms in total. The average molecular weight is 450 g/mol. The summed E-state index contributed by atoms with van der Waals surface area (Å²) < 4.78 is 11.6. The van der Waals surface area contributed by atoms with E-state index < -0.39 is 29.1 Å². The summed E-state index contributed by atoms with van der Waals surface area (Å²) in [4.78, 5) is 43.2. The first kappa shape index (κ1) is 21.3. The molecule has 0 bridgehead atoms. The van der Waals surface area contributed by atoms with E-state index in [-0.39, 0.29) is 43.8 Å². The molecule has 1 unspecified atom stereocenters. The zero-order valence-corrected chi connectivity index (χ0v) is 17.9. The van der Waals surface area contributed by atoms with Gasteiger partial charge in [0.2, 0.25) is 0 Å². The van der Waals surface area contributed by atoms with Crippen molar-refractivity contribution in [3.63, 3.8) is 0 Å². The van der Waals surface area contributed by atoms with Gasteiger partial charge < -0.3 is 19.7 Å². The van der Waals surface area contributed by atoms with E-state index in [0.29, 0.717) is 22.5 Å². The fourth-order valence-electron chi connectivity index (χ4n) is 4.67. The van der Waals surface area contributed by atoms with Crippen LogP contribution in [0.4, 0.5) is 0 Å². The van der Waals surface area contributed by atoms with Crippen molar-refractivity contribution >= 4 is 22.8 Å². The Kier molecular flexibility index (Phi) is 5.02. The summed E-state index contributed by atoms with van der Waals surface area (Å²) in [5, 5.41) is 20.9. The van der Waals surface area contributed by atoms with Crippen molar-refractivity contribution in [3.05, 3.63) is 63.4 Å². The summed E-state index contributed by atoms with van der Waals surface area (Å²) in [5.74, 6) is -1.36. The average Bonchev–Trinajstić information content (AvgIpc) is 3.11. The first-order chi connectivity index (χ1) is 15.9. The number of rotatable bonds is 5. The molecule has 0 spiro atoms. The van der Waals surface area contributed by atoms with Crippen LogP contribution in [0.2, 0.25) is 0 Å². The molecule has 2 aliphatic heterocycles. The van der Waals surface area contributed by atoms with Crippen LogP contribution in [0.3, 0.4) is 0 Å². The zero-order chi connectivity index (χ0) is 23.3. The lowest BCUT2D eigenvalue weighted by Gasteiger charge is -2.32. The van der Waals surface area contributed by atoms with Crippen LogP contribution in [-0.2, 0) is 31.3 Å². The molecule has 170 valence electrons. The summed E-state index contributed by atoms with van der Waals surface area (Å²) in [5.41, 5.74) is 0.298. The van der Waals surface area contributed by atoms with E-state index in [2.05, 4.69) is 0 Å². The summed E-state index contributed by atoms with van der Waals surface area (Å²) >= 11 is 0. The molecule has 2 atom stereocenters. The van der Waals surface area contributed by atoms with E-state index in [1.165, 1.54) is 4.57 Å². The van der Waals surface area contributed by atoms with Gasteiger partial charge in [-0.05, 0) is 24.6 Å². The molecule has 1 aromatic carbocycles. The Labute approximate surface area is 188 Å². The topological polar surface area (TPSA) is 128 Å². The van der Waals surface area contributed by atoms with Crippen molar-refractivity contribution in [2.24, 2.45) is 0 Å². The highest BCUT2D eigenvalue weighted by molar-refractivity contribution is 5.87. The Balaban J connectivity index is 1.76. The molecule has 0 amide bonds. The van der Waals surface area contributed by atoms with Gasteiger partial charge in [-0.15, -0.1) is 0 Å². The van der Waals surface area contributed by atoms with Gasteiger partial charge in [0.1, 0.15) is 13.2 Å². The number of hydrogen-bond donors (Lipinski definition) is 2. The second-order valence-corrected chi connectivity index (χ2v) is 8.17. The standard InChI is InChI=1S/C24H22N2O7/c1-2-24(31)16-10-19-21-14(9-13-5-3-4-6-17(13)25-21)18(11-20(28)32-8-7-27)26(19)22(29)15(16)12-33-23(24)30/h3-6,9-10,18,27,31H,2,7-8,11-12H2,1H3/t18?,24-/m0/s1. The maximum absolute atomic E-state index is 13.6. The lowest BCUT2D eigenvalue weighted by molar-refractivity contribution is -0.172. The van der Waals surface area contributed by atoms with Crippen molar-refractivity contribution < 1.29 is 29.3 Å². The third-order valence-electron chi connectivity index (χ3n) is 6.37. The third kappa shape index (κ3) is 3.15. The monoisotopic (exact) mass is 450 g/mol. The summed E-state index contributed by atoms with van der Waals surface area (Å²) in [6.07, 6.45) is -0.104. The number of carbonyl (C=O) groups is 2. The minimum absolute atomic E-state index is 0.0383. The second-order valence-electron chi connectivity index (χ2n) is 8.17. The number of para-hydroxylation sites is 1. The quantitative estimate of drug-likeness (QED) is 0.561. The number of hydrogen-bond acceptors (Lipinski definition) is 8. The van der Waals surface area contributed by atoms with Crippen LogP contribution in [0.15, 0.2) is 41.2 Å². The molecule has 3 aromatic rings. The number of cyclic esters (lactones) is 1. The molecule has 5 rings (SSSR count). The predicted molar refractivity (Wildman–Crippen MR) is 116 cm³/mol. The summed E-state index contributed by atoms with van der Waals surface area (Å²) in [7, 11) is 0. The molecule has 2 N–H and O–H groups in total. The molecule has 0 saturated carbocycles. The van der Waals surface area contributed by atoms with Crippen LogP contribution in [0.5, 0.6) is 0 Å². The maximum atomic E-state index is 13.6. The van der Waals surface area contributed by atoms with Crippen LogP contribution >= 0.6 is 0 Å². The van der Waals surface area contributed by atoms with Crippen LogP contribution in [0, 0.1) is 0 Å². The number of aromatic nitrogens is 2. The first-order valence-electron chi connectivity index (χ1n) is 10.7. The van der Waals surface area contributed by atoms with Gasteiger partial charge in [0.05, 0.1) is 41.5 Å². The SMILES string of the molecule is CC[C@@]1(O)C(=O)OCc2c1cc1n(c2=O)C(CC(=O)OCCO)c2cc3ccccc3nc2-1. The van der Waals surface area contributed by atoms with Gasteiger partial charge in [-0.1, -0.05) is 25.1 Å². The minimum atomic E-state index is -1.93. The van der Waals surface area contributed by atoms with E-state index in [0.717, 1.165) is 5.39 Å². The molecule has 0 saturated heterocycles. The Morgan fingerprint density at radius 1 is 1.30 bits per heavy atom. The molecule has 33 heavy (non-hydrogen) atoms. The van der Waals surface area contributed by atoms with Crippen LogP contribution in [0.25, 0.3) is 22.3 Å². The summed E-state index contributed by atoms with van der Waals surface area (Å²) in [6, 6.07) is 10.3. The van der Waals surface area contributed by atoms with Gasteiger partial charge in [-0.2, -0.15) is 0 Å². The van der Waals surface area contributed by atoms with E-state index in [1.54, 1.807) is 13.0 Å². The van der Waals surface area contributed by atoms with Gasteiger partial charge in [-0.25, -0.2) is 9.78 Å². The fraction of sp³-hybridized carbons (Fsp3) is 0.333. The number of aliphatic hydroxyl groups is 2. The molecule has 0 fully saturated rings. The van der Waals surface area contributed by atoms with Crippen LogP contribution in [-0.4, -0.2) is 44.9 Å². The molecular weight excluding hydrogens is 428 g/mol. The minimum Gasteiger partial charge on any atom is -0.463 e. The largest absolute Gasteiger partial charge is 0.463 e. The third-order valence-corrected chi connectivity index (χ3v) is 6.37. The zero-order valence-electron chi connectivity index (χ0n) is 17.9. The highest BCUT2D eigenvalue weighted by Crippen LogP contribution is 2.43. The predicted octanol–water partition coefficient (Wildman–Crippen LogP) is 1.55. The Bertz CT molecular complexity index is 1360. The van der Waals surface area contributed by atoms with Crippen molar-refractivity contribution in [2.75, 3.05) is 13.2 Å². The van der Waals surface area contributed by atoms with E-state index in [1.807, 2.05) is 30.3 Å². The Morgan fingerprint density at radius 3 is 2.85 bits per heavy atom. The number of fused-ring (bicyclic) bond motifs is 5. The number of benzene rings is 1. The van der Waals surface area contributed by atoms with E-state index in [9.17, 15) is 19.5 Å². The second kappa shape index (κ2) is 7.79. The highest BCUT2D eigenvalue weighted by atomic mass is 16.6. The number of carbonyl (C=O) groups excluding carboxylic acids is 2. The van der Waals surface area contributed by atoms with Gasteiger partial charge in [0, 0.05) is 16.5 Å². The molecule has 2 aromatic heterocycles. The maximum Gasteiger partial charge on any atom is 0.343 e. The molecular formula is C24H22N2O7. The number of aliphatic hydroxyl groups excluding tert-OH is 1. The van der Waals surface area contributed by atoms with Crippen LogP contribution in [0.1, 0.15) is 42.5 Å². The van der Waals surface area contributed by atoms with E-state index >= 15 is 0 Å². The Morgan fingerprint density at radius 2 is 2.09 bits per heavy atom. The first-order valence-corrected chi connectivity index (χ1v) is 10.7. The lowest BCUT2D eigenvalue weighted by Crippen LogP contribution is -2.44. The fourth-order valence-corrected chi connectivity index (χ4v) is 4.67. The molecule has 0 aliphatic carbocycles. The van der Waals surface area contributed by atoms with Crippen LogP contribution < -0.4 is 5.56 Å². The van der Waals surface area contributed by atoms with Crippen molar-refractivity contribution in [1.29, 1.82) is 0 Å². The normalized spacial score (nSPS) is 20.7. The number of esters is 2. The molecule has 9 heteroatoms. The number of ether oxygens (including phenoxy) is 2. The molecule has 4 heterocycles. The van der Waals surface area contributed by atoms with Gasteiger partial charge in [0.15, 0.2) is 5.60 Å². The molecule has 0 radical (unpaired) electrons. The number of pyridine rings is 2. The van der Waals surface area contributed by atoms with Gasteiger partial charge in [-0.3, -0.25) is 14.2 Å². The van der Waals surface area contributed by atoms with Crippen molar-refractivity contribution in [3.8, 4) is 11.4 Å². The summed E-state index contributed by atoms with van der Waals surface area (Å²) in [6.45, 7) is 0.938. The van der Waals surface area contributed by atoms with Gasteiger partial charge >= 0.3 is 11.9 Å². The lowest BCUT2D eigenvalue weighted by atomic mass is 9.86. The van der Waals surface area contributed by atoms with E-state index in [4.69, 9.17) is 19.6 Å². The van der Waals surface area contributed by atoms with Crippen molar-refractivity contribution in [1.82, 2.24) is 9.55 Å².